The zero-order valence-corrected chi connectivity index (χ0v) is 13.8. The minimum absolute atomic E-state index is 0.253. The Morgan fingerprint density at radius 1 is 1.19 bits per heavy atom. The summed E-state index contributed by atoms with van der Waals surface area (Å²) in [4.78, 5) is 12.4. The molecule has 0 atom stereocenters. The summed E-state index contributed by atoms with van der Waals surface area (Å²) in [7, 11) is 0. The van der Waals surface area contributed by atoms with E-state index in [1.807, 2.05) is 31.2 Å². The van der Waals surface area contributed by atoms with Crippen LogP contribution in [-0.2, 0) is 0 Å². The quantitative estimate of drug-likeness (QED) is 0.729. The zero-order chi connectivity index (χ0) is 15.2. The van der Waals surface area contributed by atoms with Crippen LogP contribution in [0.25, 0.3) is 0 Å². The summed E-state index contributed by atoms with van der Waals surface area (Å²) in [5.74, 6) is -0.740. The second kappa shape index (κ2) is 7.40. The Balaban J connectivity index is 2.27. The average molecular weight is 398 g/mol. The normalized spacial score (nSPS) is 10.2. The molecular weight excluding hydrogens is 382 g/mol. The molecule has 0 aromatic heterocycles. The van der Waals surface area contributed by atoms with Gasteiger partial charge in [0.15, 0.2) is 0 Å². The van der Waals surface area contributed by atoms with Crippen LogP contribution in [0.5, 0.6) is 0 Å². The highest BCUT2D eigenvalue weighted by Crippen LogP contribution is 2.23. The van der Waals surface area contributed by atoms with E-state index in [0.29, 0.717) is 17.8 Å². The van der Waals surface area contributed by atoms with Gasteiger partial charge >= 0.3 is 0 Å². The fourth-order valence-electron chi connectivity index (χ4n) is 1.90. The van der Waals surface area contributed by atoms with Crippen LogP contribution in [-0.4, -0.2) is 12.5 Å². The van der Waals surface area contributed by atoms with Gasteiger partial charge in [-0.25, -0.2) is 4.39 Å². The lowest BCUT2D eigenvalue weighted by molar-refractivity contribution is 0.102. The minimum Gasteiger partial charge on any atom is -0.382 e. The molecule has 0 spiro atoms. The Bertz CT molecular complexity index is 646. The topological polar surface area (TPSA) is 41.1 Å². The first-order valence-electron chi connectivity index (χ1n) is 6.71. The van der Waals surface area contributed by atoms with Gasteiger partial charge in [0.05, 0.1) is 16.9 Å². The Morgan fingerprint density at radius 3 is 2.67 bits per heavy atom. The molecule has 2 rings (SSSR count). The lowest BCUT2D eigenvalue weighted by Crippen LogP contribution is -2.16. The highest BCUT2D eigenvalue weighted by molar-refractivity contribution is 14.1. The molecule has 0 aliphatic heterocycles. The molecule has 0 saturated heterocycles. The Kier molecular flexibility index (Phi) is 5.55. The minimum atomic E-state index is -0.418. The van der Waals surface area contributed by atoms with Crippen molar-refractivity contribution in [1.82, 2.24) is 0 Å². The van der Waals surface area contributed by atoms with Gasteiger partial charge in [0.25, 0.3) is 5.91 Å². The molecule has 0 aliphatic carbocycles. The molecular formula is C16H16FIN2O. The zero-order valence-electron chi connectivity index (χ0n) is 11.6. The molecule has 110 valence electrons. The fourth-order valence-corrected chi connectivity index (χ4v) is 2.42. The van der Waals surface area contributed by atoms with Crippen molar-refractivity contribution in [2.75, 3.05) is 17.2 Å². The molecule has 0 fully saturated rings. The van der Waals surface area contributed by atoms with Gasteiger partial charge in [-0.3, -0.25) is 4.79 Å². The standard InChI is InChI=1S/C16H16FIN2O/c1-2-10-19-15-11(6-5-7-12(15)17)16(21)20-14-9-4-3-8-13(14)18/h3-9,19H,2,10H2,1H3,(H,20,21). The Labute approximate surface area is 137 Å². The predicted octanol–water partition coefficient (Wildman–Crippen LogP) is 4.50. The molecule has 0 aliphatic rings. The summed E-state index contributed by atoms with van der Waals surface area (Å²) in [5.41, 5.74) is 1.28. The van der Waals surface area contributed by atoms with Gasteiger partial charge in [0.1, 0.15) is 5.82 Å². The van der Waals surface area contributed by atoms with Gasteiger partial charge in [0, 0.05) is 10.1 Å². The number of rotatable bonds is 5. The molecule has 2 N–H and O–H groups in total. The Morgan fingerprint density at radius 2 is 1.95 bits per heavy atom. The summed E-state index contributed by atoms with van der Waals surface area (Å²) in [6.07, 6.45) is 0.853. The summed E-state index contributed by atoms with van der Waals surface area (Å²) >= 11 is 2.15. The number of para-hydroxylation sites is 2. The molecule has 2 aromatic rings. The van der Waals surface area contributed by atoms with Crippen molar-refractivity contribution in [3.8, 4) is 0 Å². The van der Waals surface area contributed by atoms with Crippen molar-refractivity contribution in [2.45, 2.75) is 13.3 Å². The van der Waals surface area contributed by atoms with Crippen molar-refractivity contribution in [2.24, 2.45) is 0 Å². The van der Waals surface area contributed by atoms with E-state index in [0.717, 1.165) is 9.99 Å². The van der Waals surface area contributed by atoms with E-state index in [1.54, 1.807) is 6.07 Å². The Hall–Kier alpha value is -1.63. The SMILES string of the molecule is CCCNc1c(F)cccc1C(=O)Nc1ccccc1I. The van der Waals surface area contributed by atoms with Crippen LogP contribution >= 0.6 is 22.6 Å². The smallest absolute Gasteiger partial charge is 0.257 e. The summed E-state index contributed by atoms with van der Waals surface area (Å²) in [6, 6.07) is 12.0. The predicted molar refractivity (Wildman–Crippen MR) is 92.3 cm³/mol. The van der Waals surface area contributed by atoms with Crippen molar-refractivity contribution < 1.29 is 9.18 Å². The highest BCUT2D eigenvalue weighted by atomic mass is 127. The van der Waals surface area contributed by atoms with Crippen LogP contribution in [0.3, 0.4) is 0 Å². The third kappa shape index (κ3) is 3.93. The molecule has 21 heavy (non-hydrogen) atoms. The maximum Gasteiger partial charge on any atom is 0.257 e. The molecule has 0 bridgehead atoms. The van der Waals surface area contributed by atoms with E-state index in [9.17, 15) is 9.18 Å². The first-order valence-corrected chi connectivity index (χ1v) is 7.79. The number of carbonyl (C=O) groups is 1. The van der Waals surface area contributed by atoms with Crippen LogP contribution < -0.4 is 10.6 Å². The van der Waals surface area contributed by atoms with E-state index < -0.39 is 5.82 Å². The van der Waals surface area contributed by atoms with E-state index in [2.05, 4.69) is 33.2 Å². The maximum absolute atomic E-state index is 13.9. The number of carbonyl (C=O) groups excluding carboxylic acids is 1. The van der Waals surface area contributed by atoms with Crippen molar-refractivity contribution >= 4 is 39.9 Å². The largest absolute Gasteiger partial charge is 0.382 e. The van der Waals surface area contributed by atoms with Crippen molar-refractivity contribution in [1.29, 1.82) is 0 Å². The monoisotopic (exact) mass is 398 g/mol. The first-order chi connectivity index (χ1) is 10.1. The van der Waals surface area contributed by atoms with E-state index in [-0.39, 0.29) is 11.6 Å². The van der Waals surface area contributed by atoms with Gasteiger partial charge in [-0.05, 0) is 53.3 Å². The van der Waals surface area contributed by atoms with E-state index in [4.69, 9.17) is 0 Å². The number of hydrogen-bond acceptors (Lipinski definition) is 2. The molecule has 0 heterocycles. The van der Waals surface area contributed by atoms with E-state index >= 15 is 0 Å². The van der Waals surface area contributed by atoms with Gasteiger partial charge < -0.3 is 10.6 Å². The number of hydrogen-bond donors (Lipinski definition) is 2. The van der Waals surface area contributed by atoms with Crippen LogP contribution in [0.15, 0.2) is 42.5 Å². The van der Waals surface area contributed by atoms with Crippen LogP contribution in [0.2, 0.25) is 0 Å². The van der Waals surface area contributed by atoms with Gasteiger partial charge in [-0.15, -0.1) is 0 Å². The molecule has 0 radical (unpaired) electrons. The van der Waals surface area contributed by atoms with Crippen molar-refractivity contribution in [3.63, 3.8) is 0 Å². The summed E-state index contributed by atoms with van der Waals surface area (Å²) < 4.78 is 14.8. The second-order valence-electron chi connectivity index (χ2n) is 4.52. The number of nitrogens with one attached hydrogen (secondary N) is 2. The lowest BCUT2D eigenvalue weighted by atomic mass is 10.1. The van der Waals surface area contributed by atoms with Gasteiger partial charge in [-0.1, -0.05) is 25.1 Å². The third-order valence-electron chi connectivity index (χ3n) is 2.93. The molecule has 0 saturated carbocycles. The second-order valence-corrected chi connectivity index (χ2v) is 5.69. The molecule has 3 nitrogen and oxygen atoms in total. The molecule has 5 heteroatoms. The number of halogens is 2. The average Bonchev–Trinajstić information content (AvgIpc) is 2.48. The van der Waals surface area contributed by atoms with Crippen LogP contribution in [0, 0.1) is 9.39 Å². The van der Waals surface area contributed by atoms with Crippen LogP contribution in [0.4, 0.5) is 15.8 Å². The fraction of sp³-hybridized carbons (Fsp3) is 0.188. The number of anilines is 2. The summed E-state index contributed by atoms with van der Waals surface area (Å²) in [5, 5.41) is 5.79. The van der Waals surface area contributed by atoms with Gasteiger partial charge in [-0.2, -0.15) is 0 Å². The lowest BCUT2D eigenvalue weighted by Gasteiger charge is -2.13. The molecule has 2 aromatic carbocycles. The van der Waals surface area contributed by atoms with E-state index in [1.165, 1.54) is 12.1 Å². The molecule has 0 unspecified atom stereocenters. The third-order valence-corrected chi connectivity index (χ3v) is 3.87. The van der Waals surface area contributed by atoms with Crippen molar-refractivity contribution in [3.05, 3.63) is 57.4 Å². The number of amides is 1. The van der Waals surface area contributed by atoms with Crippen LogP contribution in [0.1, 0.15) is 23.7 Å². The number of benzene rings is 2. The molecule has 1 amide bonds. The first kappa shape index (κ1) is 15.8. The maximum atomic E-state index is 13.9. The van der Waals surface area contributed by atoms with Gasteiger partial charge in [0.2, 0.25) is 0 Å². The highest BCUT2D eigenvalue weighted by Gasteiger charge is 2.15. The summed E-state index contributed by atoms with van der Waals surface area (Å²) in [6.45, 7) is 2.60.